The molecule has 4 rings (SSSR count). The van der Waals surface area contributed by atoms with Gasteiger partial charge in [0.2, 0.25) is 0 Å². The minimum Gasteiger partial charge on any atom is -0.460 e. The molecule has 0 spiro atoms. The van der Waals surface area contributed by atoms with Crippen LogP contribution in [0.5, 0.6) is 0 Å². The SMILES string of the molecule is Cc1cc(C(=O)Cl)nn1Cc1cc(Cl)cc2cc(C3CCCCC3)oc12. The molecule has 6 heteroatoms. The lowest BCUT2D eigenvalue weighted by Gasteiger charge is -2.19. The summed E-state index contributed by atoms with van der Waals surface area (Å²) in [6.45, 7) is 2.37. The Morgan fingerprint density at radius 2 is 2.00 bits per heavy atom. The fourth-order valence-electron chi connectivity index (χ4n) is 3.84. The molecular weight excluding hydrogens is 371 g/mol. The molecule has 0 N–H and O–H groups in total. The summed E-state index contributed by atoms with van der Waals surface area (Å²) in [6.07, 6.45) is 6.20. The van der Waals surface area contributed by atoms with Crippen LogP contribution >= 0.6 is 23.2 Å². The summed E-state index contributed by atoms with van der Waals surface area (Å²) >= 11 is 11.9. The first kappa shape index (κ1) is 17.6. The Kier molecular flexibility index (Phi) is 4.80. The molecule has 3 aromatic rings. The Morgan fingerprint density at radius 1 is 1.23 bits per heavy atom. The predicted octanol–water partition coefficient (Wildman–Crippen LogP) is 6.07. The third-order valence-electron chi connectivity index (χ3n) is 5.19. The van der Waals surface area contributed by atoms with E-state index in [0.29, 0.717) is 17.5 Å². The zero-order chi connectivity index (χ0) is 18.3. The highest BCUT2D eigenvalue weighted by Crippen LogP contribution is 2.37. The average Bonchev–Trinajstić information content (AvgIpc) is 3.20. The number of fused-ring (bicyclic) bond motifs is 1. The Labute approximate surface area is 162 Å². The Balaban J connectivity index is 1.72. The molecule has 26 heavy (non-hydrogen) atoms. The summed E-state index contributed by atoms with van der Waals surface area (Å²) in [4.78, 5) is 11.4. The molecule has 1 aliphatic carbocycles. The van der Waals surface area contributed by atoms with Crippen molar-refractivity contribution in [3.63, 3.8) is 0 Å². The number of carbonyl (C=O) groups is 1. The third kappa shape index (κ3) is 3.40. The fraction of sp³-hybridized carbons (Fsp3) is 0.400. The van der Waals surface area contributed by atoms with Crippen molar-refractivity contribution in [2.75, 3.05) is 0 Å². The average molecular weight is 391 g/mol. The standard InChI is InChI=1S/C20H20Cl2N2O2/c1-12-7-17(20(22)25)23-24(12)11-15-9-16(21)8-14-10-18(26-19(14)15)13-5-3-2-4-6-13/h7-10,13H,2-6,11H2,1H3. The summed E-state index contributed by atoms with van der Waals surface area (Å²) in [5, 5.41) is 5.42. The number of hydrogen-bond acceptors (Lipinski definition) is 3. The van der Waals surface area contributed by atoms with Crippen molar-refractivity contribution < 1.29 is 9.21 Å². The highest BCUT2D eigenvalue weighted by molar-refractivity contribution is 6.67. The van der Waals surface area contributed by atoms with Gasteiger partial charge in [-0.2, -0.15) is 5.10 Å². The molecule has 2 aromatic heterocycles. The monoisotopic (exact) mass is 390 g/mol. The molecule has 0 atom stereocenters. The molecule has 136 valence electrons. The molecule has 1 aromatic carbocycles. The van der Waals surface area contributed by atoms with E-state index in [2.05, 4.69) is 11.2 Å². The molecule has 1 saturated carbocycles. The van der Waals surface area contributed by atoms with Gasteiger partial charge in [-0.25, -0.2) is 0 Å². The van der Waals surface area contributed by atoms with Gasteiger partial charge in [-0.15, -0.1) is 0 Å². The second-order valence-corrected chi connectivity index (χ2v) is 7.85. The third-order valence-corrected chi connectivity index (χ3v) is 5.60. The molecule has 0 bridgehead atoms. The van der Waals surface area contributed by atoms with E-state index in [9.17, 15) is 4.79 Å². The van der Waals surface area contributed by atoms with Crippen molar-refractivity contribution in [1.29, 1.82) is 0 Å². The summed E-state index contributed by atoms with van der Waals surface area (Å²) in [6, 6.07) is 7.66. The molecule has 0 saturated heterocycles. The van der Waals surface area contributed by atoms with Gasteiger partial charge in [0.05, 0.1) is 6.54 Å². The van der Waals surface area contributed by atoms with Crippen LogP contribution in [0.25, 0.3) is 11.0 Å². The molecule has 1 aliphatic rings. The number of hydrogen-bond donors (Lipinski definition) is 0. The van der Waals surface area contributed by atoms with E-state index in [4.69, 9.17) is 27.6 Å². The van der Waals surface area contributed by atoms with Crippen molar-refractivity contribution in [1.82, 2.24) is 9.78 Å². The van der Waals surface area contributed by atoms with Crippen LogP contribution in [0.1, 0.15) is 65.5 Å². The first-order valence-electron chi connectivity index (χ1n) is 8.97. The predicted molar refractivity (Wildman–Crippen MR) is 103 cm³/mol. The number of rotatable bonds is 4. The largest absolute Gasteiger partial charge is 0.460 e. The smallest absolute Gasteiger partial charge is 0.272 e. The lowest BCUT2D eigenvalue weighted by Crippen LogP contribution is -2.05. The van der Waals surface area contributed by atoms with Crippen molar-refractivity contribution in [2.45, 2.75) is 51.5 Å². The molecule has 0 amide bonds. The second-order valence-electron chi connectivity index (χ2n) is 7.07. The van der Waals surface area contributed by atoms with Crippen LogP contribution in [-0.4, -0.2) is 15.0 Å². The number of nitrogens with zero attached hydrogens (tertiary/aromatic N) is 2. The summed E-state index contributed by atoms with van der Waals surface area (Å²) < 4.78 is 8.02. The lowest BCUT2D eigenvalue weighted by atomic mass is 9.87. The molecular formula is C20H20Cl2N2O2. The van der Waals surface area contributed by atoms with E-state index in [1.165, 1.54) is 32.1 Å². The Morgan fingerprint density at radius 3 is 2.69 bits per heavy atom. The summed E-state index contributed by atoms with van der Waals surface area (Å²) in [7, 11) is 0. The van der Waals surface area contributed by atoms with E-state index >= 15 is 0 Å². The first-order valence-corrected chi connectivity index (χ1v) is 9.73. The zero-order valence-corrected chi connectivity index (χ0v) is 16.1. The first-order chi connectivity index (χ1) is 12.5. The number of furan rings is 1. The Bertz CT molecular complexity index is 968. The van der Waals surface area contributed by atoms with Gasteiger partial charge in [0, 0.05) is 27.6 Å². The van der Waals surface area contributed by atoms with Crippen LogP contribution in [0, 0.1) is 6.92 Å². The Hall–Kier alpha value is -1.78. The zero-order valence-electron chi connectivity index (χ0n) is 14.6. The van der Waals surface area contributed by atoms with Gasteiger partial charge in [0.25, 0.3) is 5.24 Å². The van der Waals surface area contributed by atoms with Crippen molar-refractivity contribution in [3.8, 4) is 0 Å². The van der Waals surface area contributed by atoms with Crippen LogP contribution < -0.4 is 0 Å². The highest BCUT2D eigenvalue weighted by atomic mass is 35.5. The minimum atomic E-state index is -0.555. The van der Waals surface area contributed by atoms with E-state index in [1.807, 2.05) is 19.1 Å². The minimum absolute atomic E-state index is 0.254. The van der Waals surface area contributed by atoms with Crippen LogP contribution in [0.15, 0.2) is 28.7 Å². The number of aryl methyl sites for hydroxylation is 1. The molecule has 0 radical (unpaired) electrons. The summed E-state index contributed by atoms with van der Waals surface area (Å²) in [5.74, 6) is 1.55. The van der Waals surface area contributed by atoms with Crippen LogP contribution in [0.4, 0.5) is 0 Å². The van der Waals surface area contributed by atoms with Gasteiger partial charge in [0.1, 0.15) is 17.0 Å². The molecule has 2 heterocycles. The van der Waals surface area contributed by atoms with Gasteiger partial charge in [0.15, 0.2) is 0 Å². The van der Waals surface area contributed by atoms with Gasteiger partial charge < -0.3 is 4.42 Å². The van der Waals surface area contributed by atoms with Crippen molar-refractivity contribution in [2.24, 2.45) is 0 Å². The molecule has 0 unspecified atom stereocenters. The number of carbonyl (C=O) groups excluding carboxylic acids is 1. The van der Waals surface area contributed by atoms with Crippen LogP contribution in [0.3, 0.4) is 0 Å². The highest BCUT2D eigenvalue weighted by Gasteiger charge is 2.21. The maximum absolute atomic E-state index is 11.4. The van der Waals surface area contributed by atoms with Crippen molar-refractivity contribution >= 4 is 39.4 Å². The number of halogens is 2. The van der Waals surface area contributed by atoms with E-state index in [1.54, 1.807) is 10.7 Å². The molecule has 4 nitrogen and oxygen atoms in total. The second kappa shape index (κ2) is 7.09. The van der Waals surface area contributed by atoms with Gasteiger partial charge in [-0.3, -0.25) is 9.48 Å². The lowest BCUT2D eigenvalue weighted by molar-refractivity contribution is 0.107. The fourth-order valence-corrected chi connectivity index (χ4v) is 4.18. The topological polar surface area (TPSA) is 48.0 Å². The van der Waals surface area contributed by atoms with Gasteiger partial charge in [-0.05, 0) is 55.6 Å². The maximum Gasteiger partial charge on any atom is 0.272 e. The number of aromatic nitrogens is 2. The quantitative estimate of drug-likeness (QED) is 0.508. The maximum atomic E-state index is 11.4. The number of benzene rings is 1. The molecule has 0 aliphatic heterocycles. The van der Waals surface area contributed by atoms with Crippen molar-refractivity contribution in [3.05, 3.63) is 52.0 Å². The normalized spacial score (nSPS) is 15.7. The summed E-state index contributed by atoms with van der Waals surface area (Å²) in [5.41, 5.74) is 2.92. The van der Waals surface area contributed by atoms with Crippen LogP contribution in [-0.2, 0) is 6.54 Å². The van der Waals surface area contributed by atoms with E-state index < -0.39 is 5.24 Å². The molecule has 1 fully saturated rings. The van der Waals surface area contributed by atoms with Gasteiger partial charge in [-0.1, -0.05) is 30.9 Å². The van der Waals surface area contributed by atoms with E-state index in [-0.39, 0.29) is 5.69 Å². The van der Waals surface area contributed by atoms with Crippen LogP contribution in [0.2, 0.25) is 5.02 Å². The van der Waals surface area contributed by atoms with E-state index in [0.717, 1.165) is 28.0 Å². The van der Waals surface area contributed by atoms with Gasteiger partial charge >= 0.3 is 0 Å².